The zero-order valence-electron chi connectivity index (χ0n) is 18.5. The van der Waals surface area contributed by atoms with Gasteiger partial charge in [0, 0.05) is 11.3 Å². The molecule has 1 aliphatic heterocycles. The highest BCUT2D eigenvalue weighted by Crippen LogP contribution is 2.30. The van der Waals surface area contributed by atoms with Crippen molar-refractivity contribution >= 4 is 34.8 Å². The Morgan fingerprint density at radius 2 is 1.71 bits per heavy atom. The number of carbonyl (C=O) groups excluding carboxylic acids is 3. The summed E-state index contributed by atoms with van der Waals surface area (Å²) < 4.78 is 14.6. The predicted molar refractivity (Wildman–Crippen MR) is 127 cm³/mol. The van der Waals surface area contributed by atoms with Crippen LogP contribution >= 0.6 is 0 Å². The summed E-state index contributed by atoms with van der Waals surface area (Å²) in [5, 5.41) is 9.67. The van der Waals surface area contributed by atoms with E-state index in [9.17, 15) is 18.8 Å². The van der Waals surface area contributed by atoms with Crippen LogP contribution in [0.15, 0.2) is 72.8 Å². The summed E-state index contributed by atoms with van der Waals surface area (Å²) in [5.74, 6) is -1.10. The lowest BCUT2D eigenvalue weighted by Gasteiger charge is -2.29. The van der Waals surface area contributed by atoms with Gasteiger partial charge in [-0.25, -0.2) is 14.1 Å². The Hall–Kier alpha value is -4.86. The number of rotatable bonds is 4. The molecule has 0 bridgehead atoms. The minimum atomic E-state index is -0.533. The summed E-state index contributed by atoms with van der Waals surface area (Å²) in [6, 6.07) is 19.1. The third kappa shape index (κ3) is 4.36. The zero-order valence-corrected chi connectivity index (χ0v) is 18.5. The van der Waals surface area contributed by atoms with Gasteiger partial charge in [-0.15, -0.1) is 5.10 Å². The summed E-state index contributed by atoms with van der Waals surface area (Å²) in [4.78, 5) is 43.4. The second-order valence-electron chi connectivity index (χ2n) is 7.86. The topological polar surface area (TPSA) is 109 Å². The van der Waals surface area contributed by atoms with E-state index in [1.54, 1.807) is 67.6 Å². The molecule has 9 nitrogen and oxygen atoms in total. The van der Waals surface area contributed by atoms with E-state index in [1.165, 1.54) is 21.7 Å². The minimum Gasteiger partial charge on any atom is -0.323 e. The molecule has 0 aliphatic carbocycles. The lowest BCUT2D eigenvalue weighted by atomic mass is 10.1. The van der Waals surface area contributed by atoms with Crippen LogP contribution in [0, 0.1) is 12.7 Å². The molecule has 3 amide bonds. The van der Waals surface area contributed by atoms with Gasteiger partial charge in [0.15, 0.2) is 0 Å². The number of benzene rings is 3. The lowest BCUT2D eigenvalue weighted by molar-refractivity contribution is -0.115. The average Bonchev–Trinajstić information content (AvgIpc) is 3.25. The summed E-state index contributed by atoms with van der Waals surface area (Å²) in [6.07, 6.45) is 0. The van der Waals surface area contributed by atoms with Crippen molar-refractivity contribution in [2.24, 2.45) is 0 Å². The molecule has 0 fully saturated rings. The molecule has 0 unspecified atom stereocenters. The molecule has 1 aliphatic rings. The van der Waals surface area contributed by atoms with Crippen molar-refractivity contribution in [2.75, 3.05) is 22.1 Å². The number of aryl methyl sites for hydroxylation is 1. The minimum absolute atomic E-state index is 0.0529. The largest absolute Gasteiger partial charge is 0.323 e. The fraction of sp³-hybridized carbons (Fsp3) is 0.0800. The molecule has 2 heterocycles. The number of anilines is 3. The second-order valence-corrected chi connectivity index (χ2v) is 7.86. The molecule has 0 saturated carbocycles. The summed E-state index contributed by atoms with van der Waals surface area (Å²) in [7, 11) is 0. The smallest absolute Gasteiger partial charge is 0.295 e. The van der Waals surface area contributed by atoms with E-state index in [2.05, 4.69) is 20.7 Å². The maximum atomic E-state index is 13.2. The van der Waals surface area contributed by atoms with E-state index >= 15 is 0 Å². The number of aromatic nitrogens is 3. The highest BCUT2D eigenvalue weighted by Gasteiger charge is 2.27. The molecule has 35 heavy (non-hydrogen) atoms. The van der Waals surface area contributed by atoms with Crippen molar-refractivity contribution < 1.29 is 18.8 Å². The predicted octanol–water partition coefficient (Wildman–Crippen LogP) is 3.57. The summed E-state index contributed by atoms with van der Waals surface area (Å²) >= 11 is 0. The molecule has 3 aromatic carbocycles. The van der Waals surface area contributed by atoms with Gasteiger partial charge in [0.25, 0.3) is 11.8 Å². The Morgan fingerprint density at radius 1 is 1.00 bits per heavy atom. The third-order valence-corrected chi connectivity index (χ3v) is 5.45. The SMILES string of the molecule is Cc1nc(C(=O)Nc2ccc(C(=O)N3CC(=O)Nc4ccccc43)cc2)nn1-c1ccc(F)cc1. The van der Waals surface area contributed by atoms with Gasteiger partial charge >= 0.3 is 0 Å². The van der Waals surface area contributed by atoms with E-state index in [1.807, 2.05) is 0 Å². The molecule has 0 spiro atoms. The van der Waals surface area contributed by atoms with Gasteiger partial charge in [-0.3, -0.25) is 19.3 Å². The molecule has 1 aromatic heterocycles. The van der Waals surface area contributed by atoms with Gasteiger partial charge in [0.2, 0.25) is 11.7 Å². The number of para-hydroxylation sites is 2. The number of nitrogens with zero attached hydrogens (tertiary/aromatic N) is 4. The van der Waals surface area contributed by atoms with Gasteiger partial charge in [0.1, 0.15) is 18.2 Å². The molecule has 10 heteroatoms. The first-order valence-corrected chi connectivity index (χ1v) is 10.7. The van der Waals surface area contributed by atoms with Crippen LogP contribution in [0.2, 0.25) is 0 Å². The van der Waals surface area contributed by atoms with Crippen LogP contribution in [0.5, 0.6) is 0 Å². The first kappa shape index (κ1) is 22.0. The Bertz CT molecular complexity index is 1450. The van der Waals surface area contributed by atoms with Crippen molar-refractivity contribution in [3.05, 3.63) is 95.8 Å². The third-order valence-electron chi connectivity index (χ3n) is 5.45. The monoisotopic (exact) mass is 470 g/mol. The number of fused-ring (bicyclic) bond motifs is 1. The zero-order chi connectivity index (χ0) is 24.5. The first-order chi connectivity index (χ1) is 16.9. The van der Waals surface area contributed by atoms with Crippen LogP contribution in [0.4, 0.5) is 21.5 Å². The first-order valence-electron chi connectivity index (χ1n) is 10.7. The molecule has 0 radical (unpaired) electrons. The van der Waals surface area contributed by atoms with Crippen molar-refractivity contribution in [1.29, 1.82) is 0 Å². The fourth-order valence-electron chi connectivity index (χ4n) is 3.77. The molecule has 4 aromatic rings. The average molecular weight is 470 g/mol. The number of halogens is 1. The van der Waals surface area contributed by atoms with E-state index in [0.29, 0.717) is 34.1 Å². The van der Waals surface area contributed by atoms with Crippen LogP contribution < -0.4 is 15.5 Å². The van der Waals surface area contributed by atoms with Crippen LogP contribution in [0.1, 0.15) is 26.8 Å². The number of hydrogen-bond acceptors (Lipinski definition) is 5. The van der Waals surface area contributed by atoms with Crippen molar-refractivity contribution in [1.82, 2.24) is 14.8 Å². The second kappa shape index (κ2) is 8.82. The van der Waals surface area contributed by atoms with Gasteiger partial charge in [0.05, 0.1) is 17.1 Å². The van der Waals surface area contributed by atoms with Crippen LogP contribution in [0.3, 0.4) is 0 Å². The molecule has 5 rings (SSSR count). The Labute approximate surface area is 199 Å². The van der Waals surface area contributed by atoms with Crippen molar-refractivity contribution in [3.63, 3.8) is 0 Å². The van der Waals surface area contributed by atoms with Crippen LogP contribution in [-0.4, -0.2) is 39.0 Å². The number of carbonyl (C=O) groups is 3. The molecule has 0 atom stereocenters. The van der Waals surface area contributed by atoms with Crippen LogP contribution in [-0.2, 0) is 4.79 Å². The molecular formula is C25H19FN6O3. The molecule has 0 saturated heterocycles. The Morgan fingerprint density at radius 3 is 2.46 bits per heavy atom. The molecule has 174 valence electrons. The highest BCUT2D eigenvalue weighted by molar-refractivity contribution is 6.15. The fourth-order valence-corrected chi connectivity index (χ4v) is 3.77. The van der Waals surface area contributed by atoms with Crippen LogP contribution in [0.25, 0.3) is 5.69 Å². The van der Waals surface area contributed by atoms with E-state index in [4.69, 9.17) is 0 Å². The Balaban J connectivity index is 1.31. The quantitative estimate of drug-likeness (QED) is 0.474. The number of hydrogen-bond donors (Lipinski definition) is 2. The standard InChI is InChI=1S/C25H19FN6O3/c1-15-27-23(30-32(15)19-12-8-17(26)9-13-19)24(34)28-18-10-6-16(7-11-18)25(35)31-14-22(33)29-20-4-2-3-5-21(20)31/h2-13H,14H2,1H3,(H,28,34)(H,29,33). The van der Waals surface area contributed by atoms with E-state index in [0.717, 1.165) is 0 Å². The van der Waals surface area contributed by atoms with Gasteiger partial charge in [-0.1, -0.05) is 12.1 Å². The number of amides is 3. The number of nitrogens with one attached hydrogen (secondary N) is 2. The maximum absolute atomic E-state index is 13.2. The molecular weight excluding hydrogens is 451 g/mol. The van der Waals surface area contributed by atoms with Crippen molar-refractivity contribution in [2.45, 2.75) is 6.92 Å². The normalized spacial score (nSPS) is 12.6. The maximum Gasteiger partial charge on any atom is 0.295 e. The lowest BCUT2D eigenvalue weighted by Crippen LogP contribution is -2.42. The van der Waals surface area contributed by atoms with Gasteiger partial charge < -0.3 is 10.6 Å². The van der Waals surface area contributed by atoms with Crippen molar-refractivity contribution in [3.8, 4) is 5.69 Å². The summed E-state index contributed by atoms with van der Waals surface area (Å²) in [6.45, 7) is 1.60. The molecule has 2 N–H and O–H groups in total. The van der Waals surface area contributed by atoms with E-state index < -0.39 is 5.91 Å². The van der Waals surface area contributed by atoms with Gasteiger partial charge in [-0.2, -0.15) is 0 Å². The van der Waals surface area contributed by atoms with Gasteiger partial charge in [-0.05, 0) is 67.6 Å². The van der Waals surface area contributed by atoms with E-state index in [-0.39, 0.29) is 30.0 Å². The highest BCUT2D eigenvalue weighted by atomic mass is 19.1. The summed E-state index contributed by atoms with van der Waals surface area (Å²) in [5.41, 5.74) is 2.57. The Kier molecular flexibility index (Phi) is 5.54.